The summed E-state index contributed by atoms with van der Waals surface area (Å²) >= 11 is 0. The number of H-pyrrole nitrogens is 5. The number of benzene rings is 16. The highest BCUT2D eigenvalue weighted by Crippen LogP contribution is 2.38. The van der Waals surface area contributed by atoms with Crippen molar-refractivity contribution in [3.05, 3.63) is 403 Å². The summed E-state index contributed by atoms with van der Waals surface area (Å²) < 4.78 is 151. The summed E-state index contributed by atoms with van der Waals surface area (Å²) in [5.41, 5.74) is 20.0. The third-order valence-electron chi connectivity index (χ3n) is 24.8. The molecule has 21 aromatic rings. The molecule has 0 radical (unpaired) electrons. The normalized spacial score (nSPS) is 11.8. The summed E-state index contributed by atoms with van der Waals surface area (Å²) in [5.74, 6) is 7.77. The van der Waals surface area contributed by atoms with Crippen molar-refractivity contribution in [2.75, 3.05) is 31.3 Å². The van der Waals surface area contributed by atoms with E-state index in [1.807, 2.05) is 231 Å². The first kappa shape index (κ1) is 105. The van der Waals surface area contributed by atoms with Gasteiger partial charge in [-0.25, -0.2) is 67.0 Å². The summed E-state index contributed by atoms with van der Waals surface area (Å²) in [4.78, 5) is 52.1. The van der Waals surface area contributed by atoms with E-state index in [1.54, 1.807) is 91.0 Å². The number of sulfone groups is 5. The molecule has 0 bridgehead atoms. The van der Waals surface area contributed by atoms with E-state index in [0.29, 0.717) is 125 Å². The van der Waals surface area contributed by atoms with Crippen LogP contribution < -0.4 is 23.7 Å². The van der Waals surface area contributed by atoms with Gasteiger partial charge in [0.15, 0.2) is 55.0 Å². The minimum Gasteiger partial charge on any atom is -0.486 e. The second kappa shape index (κ2) is 44.7. The molecule has 0 aliphatic carbocycles. The van der Waals surface area contributed by atoms with Gasteiger partial charge < -0.3 is 48.6 Å². The van der Waals surface area contributed by atoms with Crippen LogP contribution in [-0.4, -0.2) is 129 Å². The minimum absolute atomic E-state index is 0.00656. The quantitative estimate of drug-likeness (QED) is 0.0299. The molecule has 21 rings (SSSR count). The number of nitrogens with zero attached hydrogens (tertiary/aromatic N) is 5. The van der Waals surface area contributed by atoms with Crippen LogP contribution in [0.5, 0.6) is 28.7 Å². The van der Waals surface area contributed by atoms with Gasteiger partial charge in [-0.05, 0) is 239 Å². The Morgan fingerprint density at radius 2 is 0.520 bits per heavy atom. The van der Waals surface area contributed by atoms with E-state index in [2.05, 4.69) is 121 Å². The zero-order valence-electron chi connectivity index (χ0n) is 84.4. The Kier molecular flexibility index (Phi) is 31.3. The van der Waals surface area contributed by atoms with Gasteiger partial charge in [0.05, 0.1) is 79.6 Å². The van der Waals surface area contributed by atoms with Crippen molar-refractivity contribution < 1.29 is 70.6 Å². The lowest BCUT2D eigenvalue weighted by Crippen LogP contribution is -2.10. The van der Waals surface area contributed by atoms with E-state index in [9.17, 15) is 46.9 Å². The van der Waals surface area contributed by atoms with Gasteiger partial charge in [0.1, 0.15) is 90.9 Å². The second-order valence-electron chi connectivity index (χ2n) is 37.8. The molecular formula is C119H110N10O16S5. The summed E-state index contributed by atoms with van der Waals surface area (Å²) in [6.07, 6.45) is 6.11. The molecule has 150 heavy (non-hydrogen) atoms. The highest BCUT2D eigenvalue weighted by Gasteiger charge is 2.24. The van der Waals surface area contributed by atoms with Crippen LogP contribution in [0.25, 0.3) is 122 Å². The number of ether oxygens (including phenoxy) is 5. The monoisotopic (exact) mass is 2090 g/mol. The van der Waals surface area contributed by atoms with Crippen molar-refractivity contribution in [2.45, 2.75) is 117 Å². The average Bonchev–Trinajstić information content (AvgIpc) is 1.69. The highest BCUT2D eigenvalue weighted by molar-refractivity contribution is 7.92. The maximum atomic E-state index is 12.2. The lowest BCUT2D eigenvalue weighted by molar-refractivity contribution is 0.101. The van der Waals surface area contributed by atoms with Crippen molar-refractivity contribution in [3.8, 4) is 84.4 Å². The first-order valence-corrected chi connectivity index (χ1v) is 57.5. The molecule has 762 valence electrons. The molecular weight excluding hydrogens is 1990 g/mol. The Balaban J connectivity index is 0.000000128. The number of imidazole rings is 5. The standard InChI is InChI=1S/C25H20N2O3S.C25H26N2O3S.C24H24N2O3S.C23H20N2O4S.C22H20N2O3S/c1-31(28,29)24-9-5-4-8-21(24)19-11-13-22-23(15-19)27-25(26-22)16-30-20-12-10-17-6-2-3-7-18(17)14-20;1-25(2,3)18-10-12-19(13-11-18)30-16-24-26-21-14-9-17(15-22(21)27-24)20-7-5-6-8-23(20)31(4,28)29;1-16(2)17-8-11-19(12-9-17)29-15-24-25-21-13-10-18(14-22(21)26-24)20-6-4-5-7-23(20)30(3,27)28;1-15(26)16-7-10-18(11-8-16)29-14-23-24-20-12-9-17(13-21(20)25-23)19-5-3-4-6-22(19)30(2,27)28;1-15-7-10-17(11-8-15)27-14-22-23-19-12-9-16(13-20(19)24-22)18-5-3-4-6-21(18)28(2,25)26/h2-15H,16H2,1H3,(H,26,27);5-15H,16H2,1-4H3,(H,26,27);4-14,16H,15H2,1-3H3,(H,25,26);3-13H,14H2,1-2H3,(H,24,25);3-13H,14H2,1-2H3,(H,23,24). The number of carbonyl (C=O) groups excluding carboxylic acids is 1. The van der Waals surface area contributed by atoms with Crippen LogP contribution in [0.3, 0.4) is 0 Å². The number of fused-ring (bicyclic) bond motifs is 6. The van der Waals surface area contributed by atoms with Gasteiger partial charge in [0.25, 0.3) is 0 Å². The molecule has 5 heterocycles. The highest BCUT2D eigenvalue weighted by atomic mass is 32.2. The molecule has 0 spiro atoms. The van der Waals surface area contributed by atoms with Crippen molar-refractivity contribution in [1.29, 1.82) is 0 Å². The van der Waals surface area contributed by atoms with E-state index >= 15 is 0 Å². The molecule has 31 heteroatoms. The van der Waals surface area contributed by atoms with Gasteiger partial charge in [-0.2, -0.15) is 0 Å². The molecule has 5 aromatic heterocycles. The van der Waals surface area contributed by atoms with E-state index < -0.39 is 49.2 Å². The molecule has 0 saturated heterocycles. The fourth-order valence-electron chi connectivity index (χ4n) is 17.1. The number of ketones is 1. The Bertz CT molecular complexity index is 9180. The number of nitrogens with one attached hydrogen (secondary N) is 5. The fraction of sp³-hybridized carbons (Fsp3) is 0.160. The number of aromatic amines is 5. The Morgan fingerprint density at radius 1 is 0.280 bits per heavy atom. The van der Waals surface area contributed by atoms with E-state index in [0.717, 1.165) is 111 Å². The molecule has 16 aromatic carbocycles. The number of aromatic nitrogens is 10. The van der Waals surface area contributed by atoms with Gasteiger partial charge in [0, 0.05) is 64.7 Å². The first-order chi connectivity index (χ1) is 71.6. The number of carbonyl (C=O) groups is 1. The topological polar surface area (TPSA) is 377 Å². The van der Waals surface area contributed by atoms with Crippen LogP contribution in [0.4, 0.5) is 0 Å². The minimum atomic E-state index is -3.34. The van der Waals surface area contributed by atoms with Gasteiger partial charge in [0.2, 0.25) is 0 Å². The second-order valence-corrected chi connectivity index (χ2v) is 47.7. The van der Waals surface area contributed by atoms with Gasteiger partial charge in [-0.1, -0.05) is 228 Å². The number of rotatable bonds is 27. The molecule has 0 atom stereocenters. The number of Topliss-reactive ketones (excluding diaryl/α,β-unsaturated/α-hetero) is 1. The van der Waals surface area contributed by atoms with Gasteiger partial charge in [-0.15, -0.1) is 0 Å². The third-order valence-corrected chi connectivity index (χ3v) is 30.6. The molecule has 5 N–H and O–H groups in total. The Hall–Kier alpha value is -16.5. The molecule has 26 nitrogen and oxygen atoms in total. The molecule has 0 unspecified atom stereocenters. The predicted molar refractivity (Wildman–Crippen MR) is 592 cm³/mol. The van der Waals surface area contributed by atoms with Crippen LogP contribution in [-0.2, 0) is 87.6 Å². The van der Waals surface area contributed by atoms with Gasteiger partial charge in [-0.3, -0.25) is 4.79 Å². The van der Waals surface area contributed by atoms with Crippen molar-refractivity contribution in [2.24, 2.45) is 0 Å². The van der Waals surface area contributed by atoms with Crippen molar-refractivity contribution in [3.63, 3.8) is 0 Å². The van der Waals surface area contributed by atoms with E-state index in [1.165, 1.54) is 60.3 Å². The number of hydrogen-bond donors (Lipinski definition) is 5. The van der Waals surface area contributed by atoms with Crippen LogP contribution in [0.1, 0.15) is 104 Å². The molecule has 0 saturated carbocycles. The van der Waals surface area contributed by atoms with Crippen LogP contribution in [0, 0.1) is 6.92 Å². The van der Waals surface area contributed by atoms with Crippen LogP contribution in [0.15, 0.2) is 376 Å². The van der Waals surface area contributed by atoms with Gasteiger partial charge >= 0.3 is 0 Å². The van der Waals surface area contributed by atoms with Crippen molar-refractivity contribution in [1.82, 2.24) is 49.8 Å². The summed E-state index contributed by atoms with van der Waals surface area (Å²) in [6.45, 7) is 15.9. The molecule has 0 aliphatic heterocycles. The van der Waals surface area contributed by atoms with E-state index in [4.69, 9.17) is 23.7 Å². The molecule has 0 aliphatic rings. The maximum Gasteiger partial charge on any atom is 0.176 e. The lowest BCUT2D eigenvalue weighted by Gasteiger charge is -2.19. The summed E-state index contributed by atoms with van der Waals surface area (Å²) in [7, 11) is -16.6. The number of hydrogen-bond acceptors (Lipinski definition) is 21. The molecule has 0 amide bonds. The maximum absolute atomic E-state index is 12.2. The van der Waals surface area contributed by atoms with Crippen LogP contribution >= 0.6 is 0 Å². The van der Waals surface area contributed by atoms with Crippen molar-refractivity contribution >= 4 is 121 Å². The smallest absolute Gasteiger partial charge is 0.176 e. The zero-order valence-corrected chi connectivity index (χ0v) is 88.5. The predicted octanol–water partition coefficient (Wildman–Crippen LogP) is 25.1. The fourth-order valence-corrected chi connectivity index (χ4v) is 21.6. The van der Waals surface area contributed by atoms with E-state index in [-0.39, 0.29) is 17.8 Å². The SMILES string of the molecule is CC(=O)c1ccc(OCc2nc3ccc(-c4ccccc4S(C)(=O)=O)cc3[nH]2)cc1.CC(C)(C)c1ccc(OCc2nc3ccc(-c4ccccc4S(C)(=O)=O)cc3[nH]2)cc1.CC(C)c1ccc(OCc2nc3ccc(-c4ccccc4S(C)(=O)=O)cc3[nH]2)cc1.CS(=O)(=O)c1ccccc1-c1ccc2nc(COc3ccc4ccccc4c3)[nH]c2c1.Cc1ccc(OCc2nc3ccc(-c4ccccc4S(C)(=O)=O)cc3[nH]2)cc1. The Morgan fingerprint density at radius 3 is 0.787 bits per heavy atom. The van der Waals surface area contributed by atoms with Crippen LogP contribution in [0.2, 0.25) is 0 Å². The average molecular weight is 2100 g/mol. The largest absolute Gasteiger partial charge is 0.486 e. The Labute approximate surface area is 871 Å². The third kappa shape index (κ3) is 26.2. The lowest BCUT2D eigenvalue weighted by atomic mass is 9.87. The number of aryl methyl sites for hydroxylation is 1. The zero-order chi connectivity index (χ0) is 106. The summed E-state index contributed by atoms with van der Waals surface area (Å²) in [6, 6.07) is 109. The first-order valence-electron chi connectivity index (χ1n) is 48.0. The molecule has 0 fully saturated rings. The summed E-state index contributed by atoms with van der Waals surface area (Å²) in [5, 5.41) is 2.29.